The normalized spacial score (nSPS) is 16.1. The molecule has 0 atom stereocenters. The van der Waals surface area contributed by atoms with E-state index in [0.717, 1.165) is 17.7 Å². The van der Waals surface area contributed by atoms with Crippen molar-refractivity contribution >= 4 is 17.3 Å². The van der Waals surface area contributed by atoms with Gasteiger partial charge >= 0.3 is 5.97 Å². The van der Waals surface area contributed by atoms with Crippen molar-refractivity contribution < 1.29 is 9.90 Å². The first-order valence-corrected chi connectivity index (χ1v) is 6.19. The lowest BCUT2D eigenvalue weighted by molar-refractivity contribution is -0.142. The zero-order chi connectivity index (χ0) is 11.1. The molecule has 2 nitrogen and oxygen atoms in total. The summed E-state index contributed by atoms with van der Waals surface area (Å²) in [7, 11) is 0. The molecule has 2 rings (SSSR count). The van der Waals surface area contributed by atoms with E-state index in [1.54, 1.807) is 25.2 Å². The smallest absolute Gasteiger partial charge is 0.314 e. The molecule has 0 fully saturated rings. The molecule has 1 heterocycles. The van der Waals surface area contributed by atoms with Crippen molar-refractivity contribution in [2.75, 3.05) is 0 Å². The highest BCUT2D eigenvalue weighted by Gasteiger charge is 2.32. The van der Waals surface area contributed by atoms with Gasteiger partial charge in [0.1, 0.15) is 0 Å². The molecule has 15 heavy (non-hydrogen) atoms. The summed E-state index contributed by atoms with van der Waals surface area (Å²) in [5.74, 6) is -0.735. The van der Waals surface area contributed by atoms with E-state index in [2.05, 4.69) is 6.07 Å². The molecule has 0 radical (unpaired) electrons. The molecule has 82 valence electrons. The van der Waals surface area contributed by atoms with Gasteiger partial charge in [0, 0.05) is 9.75 Å². The number of carbonyl (C=O) groups is 1. The van der Waals surface area contributed by atoms with Gasteiger partial charge < -0.3 is 5.11 Å². The fourth-order valence-electron chi connectivity index (χ4n) is 1.90. The van der Waals surface area contributed by atoms with Crippen LogP contribution in [0.3, 0.4) is 0 Å². The van der Waals surface area contributed by atoms with E-state index in [1.807, 2.05) is 0 Å². The van der Waals surface area contributed by atoms with Crippen molar-refractivity contribution in [3.63, 3.8) is 0 Å². The molecule has 0 amide bonds. The summed E-state index contributed by atoms with van der Waals surface area (Å²) in [6.07, 6.45) is 4.76. The van der Waals surface area contributed by atoms with E-state index < -0.39 is 11.4 Å². The largest absolute Gasteiger partial charge is 0.481 e. The molecular formula is C12H16O2S. The third-order valence-electron chi connectivity index (χ3n) is 3.15. The second-order valence-corrected chi connectivity index (χ2v) is 5.83. The molecular weight excluding hydrogens is 208 g/mol. The molecule has 0 spiro atoms. The first kappa shape index (κ1) is 10.7. The molecule has 1 aliphatic rings. The van der Waals surface area contributed by atoms with Crippen LogP contribution < -0.4 is 0 Å². The Labute approximate surface area is 93.9 Å². The summed E-state index contributed by atoms with van der Waals surface area (Å²) in [5.41, 5.74) is 0.651. The van der Waals surface area contributed by atoms with Gasteiger partial charge in [0.15, 0.2) is 0 Å². The van der Waals surface area contributed by atoms with Gasteiger partial charge in [-0.25, -0.2) is 0 Å². The molecule has 0 unspecified atom stereocenters. The first-order chi connectivity index (χ1) is 7.01. The monoisotopic (exact) mass is 224 g/mol. The zero-order valence-electron chi connectivity index (χ0n) is 9.17. The molecule has 0 saturated heterocycles. The van der Waals surface area contributed by atoms with Crippen molar-refractivity contribution in [1.82, 2.24) is 0 Å². The van der Waals surface area contributed by atoms with Crippen LogP contribution in [0.15, 0.2) is 6.07 Å². The number of carboxylic acids is 1. The SMILES string of the molecule is CC(C)(C(=O)O)c1cc2c(s1)CCCC2. The molecule has 1 N–H and O–H groups in total. The second kappa shape index (κ2) is 3.63. The Kier molecular flexibility index (Phi) is 2.59. The first-order valence-electron chi connectivity index (χ1n) is 5.37. The van der Waals surface area contributed by atoms with Gasteiger partial charge in [0.2, 0.25) is 0 Å². The Hall–Kier alpha value is -0.830. The Morgan fingerprint density at radius 2 is 2.07 bits per heavy atom. The van der Waals surface area contributed by atoms with Crippen molar-refractivity contribution in [2.45, 2.75) is 44.9 Å². The summed E-state index contributed by atoms with van der Waals surface area (Å²) < 4.78 is 0. The van der Waals surface area contributed by atoms with Crippen LogP contribution >= 0.6 is 11.3 Å². The van der Waals surface area contributed by atoms with Crippen LogP contribution in [-0.2, 0) is 23.1 Å². The minimum absolute atomic E-state index is 0.734. The number of hydrogen-bond acceptors (Lipinski definition) is 2. The van der Waals surface area contributed by atoms with Crippen molar-refractivity contribution in [1.29, 1.82) is 0 Å². The lowest BCUT2D eigenvalue weighted by Gasteiger charge is -2.16. The fraction of sp³-hybridized carbons (Fsp3) is 0.583. The topological polar surface area (TPSA) is 37.3 Å². The van der Waals surface area contributed by atoms with Gasteiger partial charge in [0.05, 0.1) is 5.41 Å². The van der Waals surface area contributed by atoms with Crippen molar-refractivity contribution in [3.05, 3.63) is 21.4 Å². The highest BCUT2D eigenvalue weighted by molar-refractivity contribution is 7.12. The van der Waals surface area contributed by atoms with Gasteiger partial charge in [-0.3, -0.25) is 4.79 Å². The Morgan fingerprint density at radius 1 is 1.40 bits per heavy atom. The predicted octanol–water partition coefficient (Wildman–Crippen LogP) is 2.99. The molecule has 0 saturated carbocycles. The van der Waals surface area contributed by atoms with Crippen LogP contribution in [0.5, 0.6) is 0 Å². The third-order valence-corrected chi connectivity index (χ3v) is 4.71. The standard InChI is InChI=1S/C12H16O2S/c1-12(2,11(13)14)10-7-8-5-3-4-6-9(8)15-10/h7H,3-6H2,1-2H3,(H,13,14). The summed E-state index contributed by atoms with van der Waals surface area (Å²) in [4.78, 5) is 13.6. The van der Waals surface area contributed by atoms with Crippen LogP contribution in [0.4, 0.5) is 0 Å². The molecule has 1 aromatic rings. The van der Waals surface area contributed by atoms with Gasteiger partial charge in [-0.15, -0.1) is 11.3 Å². The van der Waals surface area contributed by atoms with E-state index in [9.17, 15) is 4.79 Å². The number of hydrogen-bond donors (Lipinski definition) is 1. The molecule has 0 bridgehead atoms. The minimum atomic E-state index is -0.735. The quantitative estimate of drug-likeness (QED) is 0.838. The number of carboxylic acid groups (broad SMARTS) is 1. The van der Waals surface area contributed by atoms with Crippen molar-refractivity contribution in [2.24, 2.45) is 0 Å². The number of rotatable bonds is 2. The molecule has 0 aromatic carbocycles. The number of fused-ring (bicyclic) bond motifs is 1. The molecule has 0 aliphatic heterocycles. The summed E-state index contributed by atoms with van der Waals surface area (Å²) in [5, 5.41) is 9.16. The van der Waals surface area contributed by atoms with Gasteiger partial charge in [0.25, 0.3) is 0 Å². The average Bonchev–Trinajstić information content (AvgIpc) is 2.61. The molecule has 1 aliphatic carbocycles. The van der Waals surface area contributed by atoms with Gasteiger partial charge in [-0.1, -0.05) is 0 Å². The summed E-state index contributed by atoms with van der Waals surface area (Å²) in [6, 6.07) is 2.10. The molecule has 3 heteroatoms. The summed E-state index contributed by atoms with van der Waals surface area (Å²) in [6.45, 7) is 3.57. The number of thiophene rings is 1. The van der Waals surface area contributed by atoms with Crippen molar-refractivity contribution in [3.8, 4) is 0 Å². The van der Waals surface area contributed by atoms with E-state index >= 15 is 0 Å². The van der Waals surface area contributed by atoms with E-state index in [-0.39, 0.29) is 0 Å². The van der Waals surface area contributed by atoms with E-state index in [4.69, 9.17) is 5.11 Å². The minimum Gasteiger partial charge on any atom is -0.481 e. The average molecular weight is 224 g/mol. The number of aliphatic carboxylic acids is 1. The lowest BCUT2D eigenvalue weighted by Crippen LogP contribution is -2.27. The number of aryl methyl sites for hydroxylation is 2. The van der Waals surface area contributed by atoms with Crippen LogP contribution in [0, 0.1) is 0 Å². The van der Waals surface area contributed by atoms with Gasteiger partial charge in [-0.2, -0.15) is 0 Å². The lowest BCUT2D eigenvalue weighted by atomic mass is 9.90. The van der Waals surface area contributed by atoms with E-state index in [1.165, 1.54) is 23.3 Å². The van der Waals surface area contributed by atoms with Crippen LogP contribution in [0.1, 0.15) is 42.0 Å². The maximum atomic E-state index is 11.1. The highest BCUT2D eigenvalue weighted by Crippen LogP contribution is 2.36. The van der Waals surface area contributed by atoms with Crippen LogP contribution in [0.25, 0.3) is 0 Å². The maximum absolute atomic E-state index is 11.1. The maximum Gasteiger partial charge on any atom is 0.314 e. The van der Waals surface area contributed by atoms with E-state index in [0.29, 0.717) is 0 Å². The summed E-state index contributed by atoms with van der Waals surface area (Å²) >= 11 is 1.69. The second-order valence-electron chi connectivity index (χ2n) is 4.70. The third kappa shape index (κ3) is 1.81. The Balaban J connectivity index is 2.37. The Morgan fingerprint density at radius 3 is 2.67 bits per heavy atom. The van der Waals surface area contributed by atoms with Crippen LogP contribution in [-0.4, -0.2) is 11.1 Å². The zero-order valence-corrected chi connectivity index (χ0v) is 9.99. The Bertz CT molecular complexity index is 367. The predicted molar refractivity (Wildman–Crippen MR) is 61.6 cm³/mol. The molecule has 1 aromatic heterocycles. The van der Waals surface area contributed by atoms with Crippen LogP contribution in [0.2, 0.25) is 0 Å². The highest BCUT2D eigenvalue weighted by atomic mass is 32.1. The fourth-order valence-corrected chi connectivity index (χ4v) is 3.25. The van der Waals surface area contributed by atoms with Gasteiger partial charge in [-0.05, 0) is 51.2 Å².